The third-order valence-corrected chi connectivity index (χ3v) is 1.60. The van der Waals surface area contributed by atoms with Gasteiger partial charge in [-0.3, -0.25) is 0 Å². The fourth-order valence-electron chi connectivity index (χ4n) is 0.758. The fourth-order valence-corrected chi connectivity index (χ4v) is 0.758. The average Bonchev–Trinajstić information content (AvgIpc) is 2.29. The summed E-state index contributed by atoms with van der Waals surface area (Å²) in [7, 11) is 0. The van der Waals surface area contributed by atoms with E-state index in [4.69, 9.17) is 9.52 Å². The minimum Gasteiger partial charge on any atom is -0.504 e. The normalized spacial score (nSPS) is 13.4. The van der Waals surface area contributed by atoms with Gasteiger partial charge in [-0.05, 0) is 13.8 Å². The molecule has 0 radical (unpaired) electrons. The van der Waals surface area contributed by atoms with Crippen molar-refractivity contribution in [2.24, 2.45) is 0 Å². The van der Waals surface area contributed by atoms with E-state index >= 15 is 0 Å². The number of aryl methyl sites for hydroxylation is 2. The standard InChI is InChI=1S/C8H8F3NO2/c1-4-5(2)14-7(12-4)3-6(13)8(9,10)11/h3,13H,1-2H3. The van der Waals surface area contributed by atoms with E-state index < -0.39 is 11.9 Å². The Labute approximate surface area is 77.9 Å². The highest BCUT2D eigenvalue weighted by Crippen LogP contribution is 2.25. The molecule has 0 saturated heterocycles. The third-order valence-electron chi connectivity index (χ3n) is 1.60. The van der Waals surface area contributed by atoms with Crippen LogP contribution in [0.4, 0.5) is 13.2 Å². The van der Waals surface area contributed by atoms with Crippen LogP contribution in [0.2, 0.25) is 0 Å². The van der Waals surface area contributed by atoms with E-state index in [2.05, 4.69) is 4.98 Å². The van der Waals surface area contributed by atoms with Crippen LogP contribution in [-0.2, 0) is 0 Å². The molecule has 1 rings (SSSR count). The fraction of sp³-hybridized carbons (Fsp3) is 0.375. The van der Waals surface area contributed by atoms with Crippen LogP contribution < -0.4 is 0 Å². The average molecular weight is 207 g/mol. The maximum atomic E-state index is 11.9. The lowest BCUT2D eigenvalue weighted by atomic mass is 10.4. The van der Waals surface area contributed by atoms with Gasteiger partial charge < -0.3 is 9.52 Å². The van der Waals surface area contributed by atoms with Crippen molar-refractivity contribution in [2.45, 2.75) is 20.0 Å². The van der Waals surface area contributed by atoms with Gasteiger partial charge in [-0.1, -0.05) is 0 Å². The molecule has 0 aliphatic carbocycles. The molecule has 1 aromatic heterocycles. The highest BCUT2D eigenvalue weighted by atomic mass is 19.4. The zero-order chi connectivity index (χ0) is 10.9. The Kier molecular flexibility index (Phi) is 2.55. The topological polar surface area (TPSA) is 46.3 Å². The van der Waals surface area contributed by atoms with Crippen molar-refractivity contribution >= 4 is 6.08 Å². The lowest BCUT2D eigenvalue weighted by Gasteiger charge is -2.02. The van der Waals surface area contributed by atoms with Crippen molar-refractivity contribution in [2.75, 3.05) is 0 Å². The highest BCUT2D eigenvalue weighted by molar-refractivity contribution is 5.43. The van der Waals surface area contributed by atoms with Crippen molar-refractivity contribution in [3.63, 3.8) is 0 Å². The van der Waals surface area contributed by atoms with Crippen molar-refractivity contribution in [3.8, 4) is 0 Å². The smallest absolute Gasteiger partial charge is 0.448 e. The molecular weight excluding hydrogens is 199 g/mol. The molecule has 78 valence electrons. The van der Waals surface area contributed by atoms with E-state index in [-0.39, 0.29) is 5.89 Å². The van der Waals surface area contributed by atoms with Gasteiger partial charge in [0.15, 0.2) is 0 Å². The van der Waals surface area contributed by atoms with Gasteiger partial charge in [0.1, 0.15) is 5.76 Å². The first-order valence-corrected chi connectivity index (χ1v) is 3.72. The Morgan fingerprint density at radius 3 is 2.36 bits per heavy atom. The number of aliphatic hydroxyl groups is 1. The van der Waals surface area contributed by atoms with Gasteiger partial charge >= 0.3 is 6.18 Å². The van der Waals surface area contributed by atoms with Crippen LogP contribution in [0.25, 0.3) is 6.08 Å². The summed E-state index contributed by atoms with van der Waals surface area (Å²) in [5.41, 5.74) is 0.492. The third kappa shape index (κ3) is 2.27. The van der Waals surface area contributed by atoms with Crippen molar-refractivity contribution in [3.05, 3.63) is 23.1 Å². The second-order valence-corrected chi connectivity index (χ2v) is 2.72. The van der Waals surface area contributed by atoms with Crippen LogP contribution in [0.3, 0.4) is 0 Å². The molecule has 0 atom stereocenters. The van der Waals surface area contributed by atoms with Crippen LogP contribution in [0.15, 0.2) is 10.2 Å². The number of aromatic nitrogens is 1. The Morgan fingerprint density at radius 1 is 1.43 bits per heavy atom. The molecule has 6 heteroatoms. The molecule has 0 spiro atoms. The zero-order valence-electron chi connectivity index (χ0n) is 7.51. The number of hydrogen-bond acceptors (Lipinski definition) is 3. The summed E-state index contributed by atoms with van der Waals surface area (Å²) in [4.78, 5) is 3.66. The van der Waals surface area contributed by atoms with Gasteiger partial charge in [0.05, 0.1) is 5.69 Å². The van der Waals surface area contributed by atoms with Gasteiger partial charge in [0, 0.05) is 6.08 Å². The van der Waals surface area contributed by atoms with E-state index in [1.807, 2.05) is 0 Å². The minimum atomic E-state index is -4.77. The van der Waals surface area contributed by atoms with E-state index in [0.29, 0.717) is 17.5 Å². The summed E-state index contributed by atoms with van der Waals surface area (Å²) in [6.07, 6.45) is -4.32. The number of rotatable bonds is 1. The molecule has 0 aliphatic heterocycles. The first-order chi connectivity index (χ1) is 6.30. The molecular formula is C8H8F3NO2. The van der Waals surface area contributed by atoms with Crippen molar-refractivity contribution in [1.29, 1.82) is 0 Å². The second-order valence-electron chi connectivity index (χ2n) is 2.72. The molecule has 1 heterocycles. The Balaban J connectivity index is 2.98. The summed E-state index contributed by atoms with van der Waals surface area (Å²) < 4.78 is 40.4. The first-order valence-electron chi connectivity index (χ1n) is 3.72. The summed E-state index contributed by atoms with van der Waals surface area (Å²) >= 11 is 0. The van der Waals surface area contributed by atoms with Gasteiger partial charge in [-0.25, -0.2) is 4.98 Å². The summed E-state index contributed by atoms with van der Waals surface area (Å²) in [6, 6.07) is 0. The molecule has 0 aliphatic rings. The van der Waals surface area contributed by atoms with Crippen LogP contribution in [-0.4, -0.2) is 16.3 Å². The largest absolute Gasteiger partial charge is 0.504 e. The molecule has 1 aromatic rings. The molecule has 1 N–H and O–H groups in total. The van der Waals surface area contributed by atoms with E-state index in [9.17, 15) is 13.2 Å². The van der Waals surface area contributed by atoms with Crippen LogP contribution in [0.1, 0.15) is 17.3 Å². The quantitative estimate of drug-likeness (QED) is 0.720. The number of hydrogen-bond donors (Lipinski definition) is 1. The van der Waals surface area contributed by atoms with E-state index in [0.717, 1.165) is 0 Å². The number of aliphatic hydroxyl groups excluding tert-OH is 1. The van der Waals surface area contributed by atoms with E-state index in [1.54, 1.807) is 13.8 Å². The van der Waals surface area contributed by atoms with Crippen LogP contribution in [0.5, 0.6) is 0 Å². The van der Waals surface area contributed by atoms with Crippen molar-refractivity contribution in [1.82, 2.24) is 4.98 Å². The Bertz CT molecular complexity index is 346. The van der Waals surface area contributed by atoms with E-state index in [1.165, 1.54) is 0 Å². The SMILES string of the molecule is Cc1nc(C=C(O)C(F)(F)F)oc1C. The predicted molar refractivity (Wildman–Crippen MR) is 42.6 cm³/mol. The Morgan fingerprint density at radius 2 is 2.00 bits per heavy atom. The van der Waals surface area contributed by atoms with Gasteiger partial charge in [0.2, 0.25) is 11.6 Å². The number of nitrogens with zero attached hydrogens (tertiary/aromatic N) is 1. The molecule has 0 fully saturated rings. The maximum absolute atomic E-state index is 11.9. The molecule has 0 amide bonds. The van der Waals surface area contributed by atoms with Crippen LogP contribution in [0, 0.1) is 13.8 Å². The van der Waals surface area contributed by atoms with Crippen molar-refractivity contribution < 1.29 is 22.7 Å². The second kappa shape index (κ2) is 3.36. The van der Waals surface area contributed by atoms with Gasteiger partial charge in [0.25, 0.3) is 0 Å². The zero-order valence-corrected chi connectivity index (χ0v) is 7.51. The van der Waals surface area contributed by atoms with Gasteiger partial charge in [-0.2, -0.15) is 13.2 Å². The number of allylic oxidation sites excluding steroid dienone is 1. The first kappa shape index (κ1) is 10.6. The monoisotopic (exact) mass is 207 g/mol. The number of oxazole rings is 1. The lowest BCUT2D eigenvalue weighted by molar-refractivity contribution is -0.119. The number of alkyl halides is 3. The molecule has 0 aromatic carbocycles. The predicted octanol–water partition coefficient (Wildman–Crippen LogP) is 2.75. The highest BCUT2D eigenvalue weighted by Gasteiger charge is 2.34. The molecule has 0 saturated carbocycles. The molecule has 0 unspecified atom stereocenters. The summed E-state index contributed by atoms with van der Waals surface area (Å²) in [6.45, 7) is 3.17. The molecule has 0 bridgehead atoms. The molecule has 14 heavy (non-hydrogen) atoms. The number of halogens is 3. The minimum absolute atomic E-state index is 0.255. The lowest BCUT2D eigenvalue weighted by Crippen LogP contribution is -2.10. The summed E-state index contributed by atoms with van der Waals surface area (Å²) in [5, 5.41) is 8.58. The van der Waals surface area contributed by atoms with Gasteiger partial charge in [-0.15, -0.1) is 0 Å². The maximum Gasteiger partial charge on any atom is 0.448 e. The summed E-state index contributed by atoms with van der Waals surface area (Å²) in [5.74, 6) is -1.56. The molecule has 3 nitrogen and oxygen atoms in total. The van der Waals surface area contributed by atoms with Crippen LogP contribution >= 0.6 is 0 Å². The Hall–Kier alpha value is -1.46.